The predicted octanol–water partition coefficient (Wildman–Crippen LogP) is -0.100. The molecule has 5 N–H and O–H groups in total. The van der Waals surface area contributed by atoms with Crippen molar-refractivity contribution in [3.05, 3.63) is 0 Å². The molecule has 0 bridgehead atoms. The summed E-state index contributed by atoms with van der Waals surface area (Å²) >= 11 is 0. The number of aliphatic carboxylic acids is 3. The second-order valence-corrected chi connectivity index (χ2v) is 4.43. The van der Waals surface area contributed by atoms with Crippen LogP contribution >= 0.6 is 0 Å². The van der Waals surface area contributed by atoms with Gasteiger partial charge in [0.05, 0.1) is 0 Å². The quantitative estimate of drug-likeness (QED) is 0.331. The van der Waals surface area contributed by atoms with E-state index in [1.807, 2.05) is 6.92 Å². The molecule has 1 amide bonds. The Morgan fingerprint density at radius 2 is 1.59 bits per heavy atom. The van der Waals surface area contributed by atoms with Gasteiger partial charge in [-0.1, -0.05) is 19.8 Å². The molecule has 0 heterocycles. The van der Waals surface area contributed by atoms with Crippen LogP contribution in [0.2, 0.25) is 0 Å². The van der Waals surface area contributed by atoms with Gasteiger partial charge in [-0.25, -0.2) is 4.79 Å². The highest BCUT2D eigenvalue weighted by atomic mass is 16.4. The number of carbonyl (C=O) groups excluding carboxylic acids is 1. The number of hydrogen-bond donors (Lipinski definition) is 5. The van der Waals surface area contributed by atoms with Crippen LogP contribution in [-0.4, -0.2) is 58.8 Å². The highest BCUT2D eigenvalue weighted by Gasteiger charge is 2.15. The van der Waals surface area contributed by atoms with Crippen molar-refractivity contribution in [1.29, 1.82) is 0 Å². The van der Waals surface area contributed by atoms with Crippen molar-refractivity contribution >= 4 is 24.3 Å². The molecule has 0 saturated carbocycles. The normalized spacial score (nSPS) is 12.3. The van der Waals surface area contributed by atoms with Crippen LogP contribution in [0.1, 0.15) is 39.0 Å². The van der Waals surface area contributed by atoms with Crippen LogP contribution in [0.25, 0.3) is 0 Å². The number of rotatable bonds is 11. The van der Waals surface area contributed by atoms with Crippen LogP contribution in [0.3, 0.4) is 0 Å². The lowest BCUT2D eigenvalue weighted by atomic mass is 10.1. The molecule has 0 rings (SSSR count). The summed E-state index contributed by atoms with van der Waals surface area (Å²) in [4.78, 5) is 40.6. The van der Waals surface area contributed by atoms with Crippen LogP contribution in [0.4, 0.5) is 0 Å². The van der Waals surface area contributed by atoms with Gasteiger partial charge in [-0.3, -0.25) is 14.4 Å². The lowest BCUT2D eigenvalue weighted by Crippen LogP contribution is -2.35. The summed E-state index contributed by atoms with van der Waals surface area (Å²) in [7, 11) is 1.49. The molecular formula is C13H24N2O7. The van der Waals surface area contributed by atoms with Gasteiger partial charge in [0.15, 0.2) is 0 Å². The third kappa shape index (κ3) is 12.9. The zero-order chi connectivity index (χ0) is 17.5. The fourth-order valence-corrected chi connectivity index (χ4v) is 1.43. The SMILES string of the molecule is CCCCC(NC=O)C(=O)O.CNC(CCC(=O)O)C(=O)O. The van der Waals surface area contributed by atoms with Crippen molar-refractivity contribution in [1.82, 2.24) is 10.6 Å². The summed E-state index contributed by atoms with van der Waals surface area (Å²) in [5.41, 5.74) is 0. The Hall–Kier alpha value is -2.16. The summed E-state index contributed by atoms with van der Waals surface area (Å²) < 4.78 is 0. The maximum absolute atomic E-state index is 10.4. The van der Waals surface area contributed by atoms with Gasteiger partial charge in [-0.2, -0.15) is 0 Å². The number of carboxylic acid groups (broad SMARTS) is 3. The Bertz CT molecular complexity index is 360. The Morgan fingerprint density at radius 1 is 1.05 bits per heavy atom. The molecule has 9 nitrogen and oxygen atoms in total. The van der Waals surface area contributed by atoms with Crippen LogP contribution in [0.15, 0.2) is 0 Å². The monoisotopic (exact) mass is 320 g/mol. The van der Waals surface area contributed by atoms with Crippen LogP contribution in [-0.2, 0) is 19.2 Å². The van der Waals surface area contributed by atoms with E-state index in [9.17, 15) is 19.2 Å². The summed E-state index contributed by atoms with van der Waals surface area (Å²) in [6, 6.07) is -1.47. The van der Waals surface area contributed by atoms with Crippen molar-refractivity contribution in [2.75, 3.05) is 7.05 Å². The van der Waals surface area contributed by atoms with E-state index in [4.69, 9.17) is 15.3 Å². The molecule has 0 radical (unpaired) electrons. The molecule has 0 aromatic carbocycles. The number of hydrogen-bond acceptors (Lipinski definition) is 5. The minimum atomic E-state index is -1.02. The van der Waals surface area contributed by atoms with Gasteiger partial charge in [-0.15, -0.1) is 0 Å². The number of amides is 1. The number of unbranched alkanes of at least 4 members (excludes halogenated alkanes) is 1. The van der Waals surface area contributed by atoms with E-state index in [0.29, 0.717) is 12.8 Å². The Balaban J connectivity index is 0. The molecule has 0 aliphatic heterocycles. The minimum absolute atomic E-state index is 0.112. The van der Waals surface area contributed by atoms with Gasteiger partial charge in [0.1, 0.15) is 12.1 Å². The molecule has 128 valence electrons. The van der Waals surface area contributed by atoms with Crippen LogP contribution in [0, 0.1) is 0 Å². The maximum atomic E-state index is 10.4. The third-order valence-electron chi connectivity index (χ3n) is 2.71. The van der Waals surface area contributed by atoms with Gasteiger partial charge >= 0.3 is 17.9 Å². The third-order valence-corrected chi connectivity index (χ3v) is 2.71. The van der Waals surface area contributed by atoms with Gasteiger partial charge < -0.3 is 26.0 Å². The second-order valence-electron chi connectivity index (χ2n) is 4.43. The molecule has 0 aromatic heterocycles. The predicted molar refractivity (Wildman–Crippen MR) is 77.5 cm³/mol. The zero-order valence-electron chi connectivity index (χ0n) is 12.7. The van der Waals surface area contributed by atoms with E-state index >= 15 is 0 Å². The molecular weight excluding hydrogens is 296 g/mol. The van der Waals surface area contributed by atoms with E-state index < -0.39 is 30.0 Å². The minimum Gasteiger partial charge on any atom is -0.481 e. The van der Waals surface area contributed by atoms with Gasteiger partial charge in [0, 0.05) is 6.42 Å². The second kappa shape index (κ2) is 13.8. The number of carboxylic acids is 3. The van der Waals surface area contributed by atoms with Gasteiger partial charge in [0.25, 0.3) is 0 Å². The molecule has 0 aliphatic carbocycles. The number of carbonyl (C=O) groups is 4. The van der Waals surface area contributed by atoms with E-state index in [1.54, 1.807) is 0 Å². The molecule has 0 fully saturated rings. The maximum Gasteiger partial charge on any atom is 0.326 e. The molecule has 0 saturated heterocycles. The summed E-state index contributed by atoms with van der Waals surface area (Å²) in [5.74, 6) is -2.97. The van der Waals surface area contributed by atoms with Crippen molar-refractivity contribution < 1.29 is 34.5 Å². The smallest absolute Gasteiger partial charge is 0.326 e. The summed E-state index contributed by atoms with van der Waals surface area (Å²) in [5, 5.41) is 29.9. The summed E-state index contributed by atoms with van der Waals surface area (Å²) in [6.45, 7) is 1.97. The molecule has 9 heteroatoms. The zero-order valence-corrected chi connectivity index (χ0v) is 12.7. The molecule has 0 spiro atoms. The fourth-order valence-electron chi connectivity index (χ4n) is 1.43. The Labute approximate surface area is 128 Å². The molecule has 2 unspecified atom stereocenters. The van der Waals surface area contributed by atoms with Crippen LogP contribution in [0.5, 0.6) is 0 Å². The fraction of sp³-hybridized carbons (Fsp3) is 0.692. The van der Waals surface area contributed by atoms with Gasteiger partial charge in [0.2, 0.25) is 6.41 Å². The number of likely N-dealkylation sites (N-methyl/N-ethyl adjacent to an activating group) is 1. The van der Waals surface area contributed by atoms with E-state index in [2.05, 4.69) is 10.6 Å². The first-order valence-corrected chi connectivity index (χ1v) is 6.84. The topological polar surface area (TPSA) is 153 Å². The first kappa shape index (κ1) is 22.1. The average molecular weight is 320 g/mol. The lowest BCUT2D eigenvalue weighted by Gasteiger charge is -2.08. The van der Waals surface area contributed by atoms with E-state index in [-0.39, 0.29) is 12.8 Å². The van der Waals surface area contributed by atoms with Crippen molar-refractivity contribution in [2.45, 2.75) is 51.1 Å². The highest BCUT2D eigenvalue weighted by Crippen LogP contribution is 1.99. The molecule has 0 aliphatic rings. The Morgan fingerprint density at radius 3 is 1.91 bits per heavy atom. The molecule has 0 aromatic rings. The highest BCUT2D eigenvalue weighted by molar-refractivity contribution is 5.76. The molecule has 22 heavy (non-hydrogen) atoms. The van der Waals surface area contributed by atoms with Gasteiger partial charge in [-0.05, 0) is 19.9 Å². The van der Waals surface area contributed by atoms with E-state index in [1.165, 1.54) is 7.05 Å². The van der Waals surface area contributed by atoms with Crippen LogP contribution < -0.4 is 10.6 Å². The van der Waals surface area contributed by atoms with Crippen molar-refractivity contribution in [3.63, 3.8) is 0 Å². The standard InChI is InChI=1S/C7H13NO3.C6H11NO4/c1-2-3-4-6(7(10)11)8-5-9;1-7-4(6(10)11)2-3-5(8)9/h5-6H,2-4H2,1H3,(H,8,9)(H,10,11);4,7H,2-3H2,1H3,(H,8,9)(H,10,11). The van der Waals surface area contributed by atoms with Crippen molar-refractivity contribution in [3.8, 4) is 0 Å². The lowest BCUT2D eigenvalue weighted by molar-refractivity contribution is -0.141. The number of nitrogens with one attached hydrogen (secondary N) is 2. The largest absolute Gasteiger partial charge is 0.481 e. The Kier molecular flexibility index (Phi) is 13.9. The van der Waals surface area contributed by atoms with E-state index in [0.717, 1.165) is 12.8 Å². The first-order valence-electron chi connectivity index (χ1n) is 6.84. The first-order chi connectivity index (χ1) is 10.3. The van der Waals surface area contributed by atoms with Crippen molar-refractivity contribution in [2.24, 2.45) is 0 Å². The summed E-state index contributed by atoms with van der Waals surface area (Å²) in [6.07, 6.45) is 2.67. The average Bonchev–Trinajstić information content (AvgIpc) is 2.43. The molecule has 2 atom stereocenters.